The van der Waals surface area contributed by atoms with Crippen LogP contribution < -0.4 is 0 Å². The molecule has 0 fully saturated rings. The number of halogens is 1. The SMILES string of the molecule is O=C(O)CCC1CN=C(Cc2ccccc2F)O1. The zero-order chi connectivity index (χ0) is 13.0. The van der Waals surface area contributed by atoms with E-state index < -0.39 is 5.97 Å². The highest BCUT2D eigenvalue weighted by atomic mass is 19.1. The van der Waals surface area contributed by atoms with Gasteiger partial charge in [-0.1, -0.05) is 18.2 Å². The van der Waals surface area contributed by atoms with Crippen molar-refractivity contribution in [2.24, 2.45) is 4.99 Å². The zero-order valence-corrected chi connectivity index (χ0v) is 9.80. The standard InChI is InChI=1S/C13H14FNO3/c14-11-4-2-1-3-9(11)7-12-15-8-10(18-12)5-6-13(16)17/h1-4,10H,5-8H2,(H,16,17). The van der Waals surface area contributed by atoms with Crippen molar-refractivity contribution in [3.05, 3.63) is 35.6 Å². The summed E-state index contributed by atoms with van der Waals surface area (Å²) in [4.78, 5) is 14.6. The Morgan fingerprint density at radius 2 is 2.28 bits per heavy atom. The highest BCUT2D eigenvalue weighted by Crippen LogP contribution is 2.15. The first-order valence-electron chi connectivity index (χ1n) is 5.80. The van der Waals surface area contributed by atoms with Gasteiger partial charge in [0.25, 0.3) is 0 Å². The first kappa shape index (κ1) is 12.5. The fraction of sp³-hybridized carbons (Fsp3) is 0.385. The van der Waals surface area contributed by atoms with Gasteiger partial charge in [-0.3, -0.25) is 9.79 Å². The minimum atomic E-state index is -0.846. The second-order valence-electron chi connectivity index (χ2n) is 4.17. The van der Waals surface area contributed by atoms with Gasteiger partial charge in [0.15, 0.2) is 5.90 Å². The summed E-state index contributed by atoms with van der Waals surface area (Å²) < 4.78 is 18.9. The zero-order valence-electron chi connectivity index (χ0n) is 9.80. The Morgan fingerprint density at radius 3 is 3.00 bits per heavy atom. The molecule has 18 heavy (non-hydrogen) atoms. The predicted molar refractivity (Wildman–Crippen MR) is 64.1 cm³/mol. The van der Waals surface area contributed by atoms with Crippen LogP contribution in [0.1, 0.15) is 18.4 Å². The molecule has 0 spiro atoms. The van der Waals surface area contributed by atoms with E-state index in [1.165, 1.54) is 6.07 Å². The monoisotopic (exact) mass is 251 g/mol. The number of ether oxygens (including phenoxy) is 1. The molecular weight excluding hydrogens is 237 g/mol. The number of hydrogen-bond donors (Lipinski definition) is 1. The second-order valence-corrected chi connectivity index (χ2v) is 4.17. The molecule has 2 rings (SSSR count). The summed E-state index contributed by atoms with van der Waals surface area (Å²) in [5.41, 5.74) is 0.537. The Bertz CT molecular complexity index is 473. The largest absolute Gasteiger partial charge is 0.481 e. The van der Waals surface area contributed by atoms with Crippen molar-refractivity contribution < 1.29 is 19.0 Å². The number of rotatable bonds is 5. The van der Waals surface area contributed by atoms with Gasteiger partial charge in [0.1, 0.15) is 11.9 Å². The quantitative estimate of drug-likeness (QED) is 0.871. The number of carbonyl (C=O) groups is 1. The molecule has 1 unspecified atom stereocenters. The lowest BCUT2D eigenvalue weighted by atomic mass is 10.1. The van der Waals surface area contributed by atoms with Gasteiger partial charge in [-0.05, 0) is 18.1 Å². The number of aliphatic carboxylic acids is 1. The van der Waals surface area contributed by atoms with Crippen LogP contribution in [-0.2, 0) is 16.0 Å². The molecule has 96 valence electrons. The van der Waals surface area contributed by atoms with E-state index in [0.717, 1.165) is 0 Å². The summed E-state index contributed by atoms with van der Waals surface area (Å²) in [6, 6.07) is 6.47. The van der Waals surface area contributed by atoms with Crippen LogP contribution in [0, 0.1) is 5.82 Å². The normalized spacial score (nSPS) is 18.3. The molecule has 0 bridgehead atoms. The maximum atomic E-state index is 13.4. The molecule has 0 saturated carbocycles. The van der Waals surface area contributed by atoms with Crippen LogP contribution in [0.15, 0.2) is 29.3 Å². The Morgan fingerprint density at radius 1 is 1.50 bits per heavy atom. The van der Waals surface area contributed by atoms with Crippen molar-refractivity contribution in [2.75, 3.05) is 6.54 Å². The van der Waals surface area contributed by atoms with E-state index in [2.05, 4.69) is 4.99 Å². The maximum Gasteiger partial charge on any atom is 0.303 e. The number of carboxylic acids is 1. The van der Waals surface area contributed by atoms with Crippen molar-refractivity contribution in [1.82, 2.24) is 0 Å². The van der Waals surface area contributed by atoms with E-state index in [0.29, 0.717) is 30.8 Å². The van der Waals surface area contributed by atoms with Gasteiger partial charge in [-0.15, -0.1) is 0 Å². The highest BCUT2D eigenvalue weighted by Gasteiger charge is 2.21. The summed E-state index contributed by atoms with van der Waals surface area (Å²) in [6.07, 6.45) is 0.617. The molecule has 4 nitrogen and oxygen atoms in total. The van der Waals surface area contributed by atoms with E-state index >= 15 is 0 Å². The molecule has 0 aliphatic carbocycles. The predicted octanol–water partition coefficient (Wildman–Crippen LogP) is 2.03. The number of benzene rings is 1. The van der Waals surface area contributed by atoms with E-state index in [1.807, 2.05) is 0 Å². The van der Waals surface area contributed by atoms with Gasteiger partial charge in [-0.2, -0.15) is 0 Å². The lowest BCUT2D eigenvalue weighted by Crippen LogP contribution is -2.16. The van der Waals surface area contributed by atoms with Crippen LogP contribution in [0.4, 0.5) is 4.39 Å². The Hall–Kier alpha value is -1.91. The Labute approximate surface area is 104 Å². The first-order chi connectivity index (χ1) is 8.65. The third-order valence-electron chi connectivity index (χ3n) is 2.75. The molecule has 1 aromatic carbocycles. The van der Waals surface area contributed by atoms with E-state index in [1.54, 1.807) is 18.2 Å². The molecule has 1 aliphatic heterocycles. The third-order valence-corrected chi connectivity index (χ3v) is 2.75. The Balaban J connectivity index is 1.86. The van der Waals surface area contributed by atoms with Crippen LogP contribution in [0.2, 0.25) is 0 Å². The summed E-state index contributed by atoms with van der Waals surface area (Å²) in [7, 11) is 0. The van der Waals surface area contributed by atoms with Gasteiger partial charge < -0.3 is 9.84 Å². The van der Waals surface area contributed by atoms with Crippen LogP contribution >= 0.6 is 0 Å². The van der Waals surface area contributed by atoms with Gasteiger partial charge in [-0.25, -0.2) is 4.39 Å². The fourth-order valence-electron chi connectivity index (χ4n) is 1.81. The smallest absolute Gasteiger partial charge is 0.303 e. The van der Waals surface area contributed by atoms with Crippen LogP contribution in [0.3, 0.4) is 0 Å². The average molecular weight is 251 g/mol. The van der Waals surface area contributed by atoms with Crippen LogP contribution in [0.25, 0.3) is 0 Å². The lowest BCUT2D eigenvalue weighted by molar-refractivity contribution is -0.137. The second kappa shape index (κ2) is 5.62. The molecule has 0 amide bonds. The molecule has 1 atom stereocenters. The third kappa shape index (κ3) is 3.29. The Kier molecular flexibility index (Phi) is 3.92. The van der Waals surface area contributed by atoms with Gasteiger partial charge in [0.2, 0.25) is 0 Å². The van der Waals surface area contributed by atoms with Gasteiger partial charge in [0.05, 0.1) is 13.0 Å². The first-order valence-corrected chi connectivity index (χ1v) is 5.80. The van der Waals surface area contributed by atoms with Crippen molar-refractivity contribution >= 4 is 11.9 Å². The number of hydrogen-bond acceptors (Lipinski definition) is 3. The molecule has 5 heteroatoms. The van der Waals surface area contributed by atoms with Crippen LogP contribution in [0.5, 0.6) is 0 Å². The number of carboxylic acid groups (broad SMARTS) is 1. The fourth-order valence-corrected chi connectivity index (χ4v) is 1.81. The summed E-state index contributed by atoms with van der Waals surface area (Å²) in [5.74, 6) is -0.644. The molecule has 1 N–H and O–H groups in total. The van der Waals surface area contributed by atoms with Crippen molar-refractivity contribution in [3.8, 4) is 0 Å². The molecule has 1 heterocycles. The lowest BCUT2D eigenvalue weighted by Gasteiger charge is -2.10. The van der Waals surface area contributed by atoms with Crippen LogP contribution in [-0.4, -0.2) is 29.6 Å². The molecule has 0 saturated heterocycles. The van der Waals surface area contributed by atoms with Gasteiger partial charge >= 0.3 is 5.97 Å². The van der Waals surface area contributed by atoms with Gasteiger partial charge in [0, 0.05) is 6.42 Å². The molecule has 0 aromatic heterocycles. The molecular formula is C13H14FNO3. The minimum absolute atomic E-state index is 0.0627. The molecule has 1 aromatic rings. The van der Waals surface area contributed by atoms with E-state index in [4.69, 9.17) is 9.84 Å². The maximum absolute atomic E-state index is 13.4. The number of nitrogens with zero attached hydrogens (tertiary/aromatic N) is 1. The molecule has 0 radical (unpaired) electrons. The summed E-state index contributed by atoms with van der Waals surface area (Å²) >= 11 is 0. The number of aliphatic imine (C=N–C) groups is 1. The highest BCUT2D eigenvalue weighted by molar-refractivity contribution is 5.80. The topological polar surface area (TPSA) is 58.9 Å². The van der Waals surface area contributed by atoms with Crippen molar-refractivity contribution in [1.29, 1.82) is 0 Å². The average Bonchev–Trinajstić information content (AvgIpc) is 2.77. The minimum Gasteiger partial charge on any atom is -0.481 e. The molecule has 1 aliphatic rings. The summed E-state index contributed by atoms with van der Waals surface area (Å²) in [5, 5.41) is 8.57. The summed E-state index contributed by atoms with van der Waals surface area (Å²) in [6.45, 7) is 0.455. The van der Waals surface area contributed by atoms with E-state index in [9.17, 15) is 9.18 Å². The van der Waals surface area contributed by atoms with Crippen molar-refractivity contribution in [2.45, 2.75) is 25.4 Å². The van der Waals surface area contributed by atoms with E-state index in [-0.39, 0.29) is 18.3 Å². The van der Waals surface area contributed by atoms with Crippen molar-refractivity contribution in [3.63, 3.8) is 0 Å².